The van der Waals surface area contributed by atoms with Crippen LogP contribution in [0, 0.1) is 5.82 Å². The second-order valence-corrected chi connectivity index (χ2v) is 6.06. The number of nitrogens with one attached hydrogen (secondary N) is 1. The summed E-state index contributed by atoms with van der Waals surface area (Å²) in [5.41, 5.74) is 1.52. The predicted octanol–water partition coefficient (Wildman–Crippen LogP) is 3.41. The van der Waals surface area contributed by atoms with Gasteiger partial charge in [0.05, 0.1) is 11.1 Å². The zero-order chi connectivity index (χ0) is 18.9. The van der Waals surface area contributed by atoms with Crippen molar-refractivity contribution in [1.29, 1.82) is 0 Å². The minimum atomic E-state index is -0.325. The molecule has 0 aliphatic rings. The number of nitrogens with zero attached hydrogens (tertiary/aromatic N) is 2. The highest BCUT2D eigenvalue weighted by molar-refractivity contribution is 5.99. The number of carbonyl (C=O) groups is 2. The minimum absolute atomic E-state index is 0.116. The molecule has 26 heavy (non-hydrogen) atoms. The summed E-state index contributed by atoms with van der Waals surface area (Å²) in [6.07, 6.45) is 4.66. The highest BCUT2D eigenvalue weighted by Gasteiger charge is 2.16. The Hall–Kier alpha value is -2.76. The minimum Gasteiger partial charge on any atom is -0.348 e. The fourth-order valence-corrected chi connectivity index (χ4v) is 2.61. The summed E-state index contributed by atoms with van der Waals surface area (Å²) in [5, 5.41) is 2.75. The first-order chi connectivity index (χ1) is 12.5. The van der Waals surface area contributed by atoms with Crippen molar-refractivity contribution in [3.63, 3.8) is 0 Å². The zero-order valence-corrected chi connectivity index (χ0v) is 15.2. The summed E-state index contributed by atoms with van der Waals surface area (Å²) >= 11 is 0. The van der Waals surface area contributed by atoms with Gasteiger partial charge in [-0.25, -0.2) is 4.39 Å². The fraction of sp³-hybridized carbons (Fsp3) is 0.350. The molecule has 0 atom stereocenters. The topological polar surface area (TPSA) is 62.3 Å². The van der Waals surface area contributed by atoms with Gasteiger partial charge in [0.25, 0.3) is 11.8 Å². The summed E-state index contributed by atoms with van der Waals surface area (Å²) in [4.78, 5) is 30.8. The first kappa shape index (κ1) is 19.6. The van der Waals surface area contributed by atoms with Crippen molar-refractivity contribution in [2.45, 2.75) is 33.2 Å². The van der Waals surface area contributed by atoms with Gasteiger partial charge in [0, 0.05) is 32.0 Å². The van der Waals surface area contributed by atoms with Gasteiger partial charge in [-0.2, -0.15) is 0 Å². The van der Waals surface area contributed by atoms with Crippen LogP contribution in [0.15, 0.2) is 42.7 Å². The third-order valence-corrected chi connectivity index (χ3v) is 3.89. The molecule has 0 saturated carbocycles. The van der Waals surface area contributed by atoms with Gasteiger partial charge in [-0.15, -0.1) is 0 Å². The third kappa shape index (κ3) is 5.37. The van der Waals surface area contributed by atoms with Gasteiger partial charge < -0.3 is 10.2 Å². The Morgan fingerprint density at radius 1 is 1.04 bits per heavy atom. The maximum absolute atomic E-state index is 12.9. The Morgan fingerprint density at radius 2 is 1.65 bits per heavy atom. The molecule has 5 nitrogen and oxygen atoms in total. The molecule has 0 saturated heterocycles. The summed E-state index contributed by atoms with van der Waals surface area (Å²) in [7, 11) is 0. The second-order valence-electron chi connectivity index (χ2n) is 6.06. The lowest BCUT2D eigenvalue weighted by atomic mass is 10.1. The van der Waals surface area contributed by atoms with Crippen LogP contribution in [-0.4, -0.2) is 34.8 Å². The molecule has 0 aliphatic carbocycles. The summed E-state index contributed by atoms with van der Waals surface area (Å²) in [5.74, 6) is -0.761. The van der Waals surface area contributed by atoms with Gasteiger partial charge in [0.15, 0.2) is 0 Å². The first-order valence-corrected chi connectivity index (χ1v) is 8.82. The van der Waals surface area contributed by atoms with Gasteiger partial charge in [0.2, 0.25) is 0 Å². The molecular weight excluding hydrogens is 333 g/mol. The lowest BCUT2D eigenvalue weighted by molar-refractivity contribution is 0.0755. The van der Waals surface area contributed by atoms with Gasteiger partial charge >= 0.3 is 0 Å². The molecule has 2 aromatic rings. The second kappa shape index (κ2) is 9.65. The Kier molecular flexibility index (Phi) is 7.26. The van der Waals surface area contributed by atoms with Crippen LogP contribution in [0.25, 0.3) is 0 Å². The molecule has 2 rings (SSSR count). The molecule has 0 aliphatic heterocycles. The Labute approximate surface area is 153 Å². The molecule has 2 amide bonds. The lowest BCUT2D eigenvalue weighted by Crippen LogP contribution is -2.33. The average Bonchev–Trinajstić information content (AvgIpc) is 2.66. The van der Waals surface area contributed by atoms with E-state index < -0.39 is 0 Å². The molecule has 0 bridgehead atoms. The van der Waals surface area contributed by atoms with Crippen molar-refractivity contribution in [2.75, 3.05) is 13.1 Å². The monoisotopic (exact) mass is 357 g/mol. The largest absolute Gasteiger partial charge is 0.348 e. The highest BCUT2D eigenvalue weighted by Crippen LogP contribution is 2.09. The number of aromatic nitrogens is 1. The molecule has 6 heteroatoms. The molecule has 1 aromatic heterocycles. The van der Waals surface area contributed by atoms with Crippen LogP contribution in [0.3, 0.4) is 0 Å². The summed E-state index contributed by atoms with van der Waals surface area (Å²) in [6, 6.07) is 7.48. The Balaban J connectivity index is 2.05. The van der Waals surface area contributed by atoms with Crippen molar-refractivity contribution in [3.8, 4) is 0 Å². The molecule has 0 spiro atoms. The van der Waals surface area contributed by atoms with Crippen LogP contribution in [0.1, 0.15) is 53.0 Å². The van der Waals surface area contributed by atoms with E-state index in [1.165, 1.54) is 24.5 Å². The Bertz CT molecular complexity index is 741. The quantitative estimate of drug-likeness (QED) is 0.787. The number of hydrogen-bond acceptors (Lipinski definition) is 3. The molecule has 0 radical (unpaired) electrons. The van der Waals surface area contributed by atoms with E-state index in [-0.39, 0.29) is 24.2 Å². The first-order valence-electron chi connectivity index (χ1n) is 8.82. The van der Waals surface area contributed by atoms with Gasteiger partial charge in [-0.3, -0.25) is 14.6 Å². The maximum atomic E-state index is 12.9. The van der Waals surface area contributed by atoms with E-state index in [2.05, 4.69) is 10.3 Å². The summed E-state index contributed by atoms with van der Waals surface area (Å²) < 4.78 is 12.9. The number of rotatable bonds is 8. The van der Waals surface area contributed by atoms with Crippen LogP contribution in [0.4, 0.5) is 4.39 Å². The van der Waals surface area contributed by atoms with E-state index in [9.17, 15) is 14.0 Å². The lowest BCUT2D eigenvalue weighted by Gasteiger charge is -2.21. The number of amides is 2. The smallest absolute Gasteiger partial charge is 0.255 e. The zero-order valence-electron chi connectivity index (χ0n) is 15.2. The van der Waals surface area contributed by atoms with Crippen molar-refractivity contribution < 1.29 is 14.0 Å². The standard InChI is InChI=1S/C20H24FN3O2/c1-3-9-24(10-4-2)20(26)17-11-16(13-22-14-17)19(25)23-12-15-5-7-18(21)8-6-15/h5-8,11,13-14H,3-4,9-10,12H2,1-2H3,(H,23,25). The molecule has 1 heterocycles. The number of hydrogen-bond donors (Lipinski definition) is 1. The highest BCUT2D eigenvalue weighted by atomic mass is 19.1. The van der Waals surface area contributed by atoms with E-state index in [0.29, 0.717) is 24.2 Å². The maximum Gasteiger partial charge on any atom is 0.255 e. The number of halogens is 1. The number of pyridine rings is 1. The van der Waals surface area contributed by atoms with Crippen LogP contribution < -0.4 is 5.32 Å². The van der Waals surface area contributed by atoms with Gasteiger partial charge in [0.1, 0.15) is 5.82 Å². The van der Waals surface area contributed by atoms with E-state index in [4.69, 9.17) is 0 Å². The average molecular weight is 357 g/mol. The van der Waals surface area contributed by atoms with Crippen molar-refractivity contribution in [3.05, 3.63) is 65.2 Å². The van der Waals surface area contributed by atoms with E-state index in [0.717, 1.165) is 18.4 Å². The van der Waals surface area contributed by atoms with Crippen molar-refractivity contribution in [2.24, 2.45) is 0 Å². The van der Waals surface area contributed by atoms with Crippen LogP contribution in [-0.2, 0) is 6.54 Å². The van der Waals surface area contributed by atoms with E-state index in [1.807, 2.05) is 13.8 Å². The normalized spacial score (nSPS) is 10.4. The number of benzene rings is 1. The van der Waals surface area contributed by atoms with Crippen LogP contribution >= 0.6 is 0 Å². The van der Waals surface area contributed by atoms with Crippen LogP contribution in [0.2, 0.25) is 0 Å². The van der Waals surface area contributed by atoms with Gasteiger partial charge in [-0.05, 0) is 36.6 Å². The molecule has 1 aromatic carbocycles. The Morgan fingerprint density at radius 3 is 2.27 bits per heavy atom. The summed E-state index contributed by atoms with van der Waals surface area (Å²) in [6.45, 7) is 5.66. The third-order valence-electron chi connectivity index (χ3n) is 3.89. The number of carbonyl (C=O) groups excluding carboxylic acids is 2. The molecule has 1 N–H and O–H groups in total. The molecular formula is C20H24FN3O2. The van der Waals surface area contributed by atoms with Crippen LogP contribution in [0.5, 0.6) is 0 Å². The molecule has 0 fully saturated rings. The van der Waals surface area contributed by atoms with E-state index in [1.54, 1.807) is 23.1 Å². The molecule has 138 valence electrons. The molecule has 0 unspecified atom stereocenters. The fourth-order valence-electron chi connectivity index (χ4n) is 2.61. The predicted molar refractivity (Wildman–Crippen MR) is 98.3 cm³/mol. The van der Waals surface area contributed by atoms with E-state index >= 15 is 0 Å². The van der Waals surface area contributed by atoms with Crippen molar-refractivity contribution in [1.82, 2.24) is 15.2 Å². The van der Waals surface area contributed by atoms with Gasteiger partial charge in [-0.1, -0.05) is 26.0 Å². The SMILES string of the molecule is CCCN(CCC)C(=O)c1cncc(C(=O)NCc2ccc(F)cc2)c1. The van der Waals surface area contributed by atoms with Crippen molar-refractivity contribution >= 4 is 11.8 Å².